The lowest BCUT2D eigenvalue weighted by molar-refractivity contribution is -0.137. The number of ether oxygens (including phenoxy) is 2. The number of carbonyl (C=O) groups excluding carboxylic acids is 2. The van der Waals surface area contributed by atoms with Crippen molar-refractivity contribution < 1.29 is 32.2 Å². The number of carbonyl (C=O) groups is 2. The predicted molar refractivity (Wildman–Crippen MR) is 114 cm³/mol. The maximum absolute atomic E-state index is 12.8. The van der Waals surface area contributed by atoms with Crippen LogP contribution in [0.5, 0.6) is 5.75 Å². The molecule has 2 aromatic carbocycles. The zero-order valence-electron chi connectivity index (χ0n) is 16.5. The SMILES string of the molecule is CC(=O)Oc1ccc2c(c1)c(Br)cn2Cc1ccc(C(F)(F)F)c(Cl)c1.CCOC=O. The van der Waals surface area contributed by atoms with Crippen molar-refractivity contribution in [3.05, 3.63) is 63.2 Å². The molecule has 1 heterocycles. The van der Waals surface area contributed by atoms with Crippen LogP contribution in [0.3, 0.4) is 0 Å². The molecule has 0 aliphatic heterocycles. The van der Waals surface area contributed by atoms with Gasteiger partial charge in [-0.15, -0.1) is 0 Å². The van der Waals surface area contributed by atoms with Crippen molar-refractivity contribution >= 4 is 50.9 Å². The molecule has 0 atom stereocenters. The molecule has 166 valence electrons. The Hall–Kier alpha value is -2.52. The largest absolute Gasteiger partial charge is 0.468 e. The lowest BCUT2D eigenvalue weighted by Crippen LogP contribution is -2.07. The van der Waals surface area contributed by atoms with E-state index >= 15 is 0 Å². The minimum atomic E-state index is -4.48. The molecule has 0 aliphatic rings. The molecule has 3 rings (SSSR count). The summed E-state index contributed by atoms with van der Waals surface area (Å²) in [5, 5.41) is 0.490. The van der Waals surface area contributed by atoms with Crippen molar-refractivity contribution in [3.8, 4) is 5.75 Å². The Kier molecular flexibility index (Phi) is 8.52. The van der Waals surface area contributed by atoms with Crippen molar-refractivity contribution in [1.82, 2.24) is 4.57 Å². The van der Waals surface area contributed by atoms with E-state index in [4.69, 9.17) is 16.3 Å². The molecule has 0 saturated heterocycles. The Labute approximate surface area is 189 Å². The predicted octanol–water partition coefficient (Wildman–Crippen LogP) is 6.23. The van der Waals surface area contributed by atoms with Crippen LogP contribution in [0.4, 0.5) is 13.2 Å². The minimum absolute atomic E-state index is 0.331. The highest BCUT2D eigenvalue weighted by atomic mass is 79.9. The van der Waals surface area contributed by atoms with E-state index in [0.717, 1.165) is 21.4 Å². The van der Waals surface area contributed by atoms with Gasteiger partial charge in [0.25, 0.3) is 6.47 Å². The van der Waals surface area contributed by atoms with Crippen molar-refractivity contribution in [3.63, 3.8) is 0 Å². The molecule has 0 bridgehead atoms. The highest BCUT2D eigenvalue weighted by Crippen LogP contribution is 2.35. The quantitative estimate of drug-likeness (QED) is 0.227. The summed E-state index contributed by atoms with van der Waals surface area (Å²) in [6, 6.07) is 8.86. The highest BCUT2D eigenvalue weighted by molar-refractivity contribution is 9.10. The Balaban J connectivity index is 0.000000614. The van der Waals surface area contributed by atoms with E-state index in [1.165, 1.54) is 19.1 Å². The van der Waals surface area contributed by atoms with Crippen LogP contribution in [0.2, 0.25) is 5.02 Å². The average Bonchev–Trinajstić information content (AvgIpc) is 2.96. The third-order valence-electron chi connectivity index (χ3n) is 3.99. The van der Waals surface area contributed by atoms with Gasteiger partial charge in [-0.2, -0.15) is 13.2 Å². The van der Waals surface area contributed by atoms with Crippen LogP contribution in [0.1, 0.15) is 25.0 Å². The third kappa shape index (κ3) is 6.73. The van der Waals surface area contributed by atoms with Gasteiger partial charge >= 0.3 is 12.1 Å². The first-order valence-electron chi connectivity index (χ1n) is 8.94. The lowest BCUT2D eigenvalue weighted by Gasteiger charge is -2.11. The first-order chi connectivity index (χ1) is 14.6. The van der Waals surface area contributed by atoms with E-state index in [1.54, 1.807) is 25.1 Å². The van der Waals surface area contributed by atoms with Gasteiger partial charge in [-0.25, -0.2) is 0 Å². The van der Waals surface area contributed by atoms with Crippen LogP contribution in [0.15, 0.2) is 47.1 Å². The molecule has 0 fully saturated rings. The molecule has 10 heteroatoms. The number of rotatable bonds is 5. The van der Waals surface area contributed by atoms with Gasteiger partial charge in [0.1, 0.15) is 5.75 Å². The number of hydrogen-bond acceptors (Lipinski definition) is 4. The fourth-order valence-electron chi connectivity index (χ4n) is 2.74. The fourth-order valence-corrected chi connectivity index (χ4v) is 3.62. The molecule has 0 saturated carbocycles. The maximum atomic E-state index is 12.8. The minimum Gasteiger partial charge on any atom is -0.468 e. The molecule has 0 N–H and O–H groups in total. The number of fused-ring (bicyclic) bond motifs is 1. The second-order valence-corrected chi connectivity index (χ2v) is 7.50. The molecule has 0 spiro atoms. The Morgan fingerprint density at radius 2 is 1.94 bits per heavy atom. The van der Waals surface area contributed by atoms with Gasteiger partial charge in [0, 0.05) is 35.0 Å². The van der Waals surface area contributed by atoms with Crippen molar-refractivity contribution in [2.45, 2.75) is 26.6 Å². The Morgan fingerprint density at radius 3 is 2.45 bits per heavy atom. The summed E-state index contributed by atoms with van der Waals surface area (Å²) in [6.45, 7) is 4.32. The van der Waals surface area contributed by atoms with E-state index in [9.17, 15) is 22.8 Å². The zero-order chi connectivity index (χ0) is 23.2. The number of nitrogens with zero attached hydrogens (tertiary/aromatic N) is 1. The fraction of sp³-hybridized carbons (Fsp3) is 0.238. The van der Waals surface area contributed by atoms with Crippen molar-refractivity contribution in [1.29, 1.82) is 0 Å². The average molecular weight is 521 g/mol. The number of aromatic nitrogens is 1. The third-order valence-corrected chi connectivity index (χ3v) is 4.94. The molecular formula is C21H18BrClF3NO4. The standard InChI is InChI=1S/C18H12BrClF3NO2.C3H6O2/c1-10(25)26-12-3-5-17-13(7-12)15(19)9-24(17)8-11-2-4-14(16(20)6-11)18(21,22)23;1-2-5-3-4/h2-7,9H,8H2,1H3;3H,2H2,1H3. The molecule has 0 aliphatic carbocycles. The second-order valence-electron chi connectivity index (χ2n) is 6.24. The van der Waals surface area contributed by atoms with Crippen LogP contribution in [-0.2, 0) is 27.0 Å². The van der Waals surface area contributed by atoms with Crippen molar-refractivity contribution in [2.75, 3.05) is 6.61 Å². The van der Waals surface area contributed by atoms with Crippen LogP contribution < -0.4 is 4.74 Å². The molecule has 1 aromatic heterocycles. The number of alkyl halides is 3. The number of benzene rings is 2. The lowest BCUT2D eigenvalue weighted by atomic mass is 10.1. The van der Waals surface area contributed by atoms with Gasteiger partial charge in [-0.05, 0) is 58.7 Å². The zero-order valence-corrected chi connectivity index (χ0v) is 18.8. The molecular weight excluding hydrogens is 503 g/mol. The summed E-state index contributed by atoms with van der Waals surface area (Å²) < 4.78 is 50.3. The number of hydrogen-bond donors (Lipinski definition) is 0. The van der Waals surface area contributed by atoms with Gasteiger partial charge in [0.05, 0.1) is 17.2 Å². The topological polar surface area (TPSA) is 57.5 Å². The van der Waals surface area contributed by atoms with Gasteiger partial charge in [-0.3, -0.25) is 9.59 Å². The summed E-state index contributed by atoms with van der Waals surface area (Å²) in [5.41, 5.74) is 0.618. The number of esters is 1. The van der Waals surface area contributed by atoms with E-state index in [1.807, 2.05) is 10.8 Å². The first-order valence-corrected chi connectivity index (χ1v) is 10.1. The summed E-state index contributed by atoms with van der Waals surface area (Å²) >= 11 is 9.23. The summed E-state index contributed by atoms with van der Waals surface area (Å²) in [7, 11) is 0. The van der Waals surface area contributed by atoms with Crippen LogP contribution in [-0.4, -0.2) is 23.6 Å². The molecule has 5 nitrogen and oxygen atoms in total. The van der Waals surface area contributed by atoms with Crippen LogP contribution >= 0.6 is 27.5 Å². The summed E-state index contributed by atoms with van der Waals surface area (Å²) in [6.07, 6.45) is -2.67. The summed E-state index contributed by atoms with van der Waals surface area (Å²) in [5.74, 6) is 0.000302. The highest BCUT2D eigenvalue weighted by Gasteiger charge is 2.33. The van der Waals surface area contributed by atoms with E-state index in [0.29, 0.717) is 30.9 Å². The smallest absolute Gasteiger partial charge is 0.417 e. The van der Waals surface area contributed by atoms with E-state index < -0.39 is 17.7 Å². The maximum Gasteiger partial charge on any atom is 0.417 e. The summed E-state index contributed by atoms with van der Waals surface area (Å²) in [4.78, 5) is 20.3. The molecule has 31 heavy (non-hydrogen) atoms. The number of halogens is 5. The van der Waals surface area contributed by atoms with Gasteiger partial charge in [-0.1, -0.05) is 17.7 Å². The van der Waals surface area contributed by atoms with Gasteiger partial charge in [0.2, 0.25) is 0 Å². The normalized spacial score (nSPS) is 10.9. The molecule has 0 unspecified atom stereocenters. The molecule has 3 aromatic rings. The molecule has 0 radical (unpaired) electrons. The first kappa shape index (κ1) is 24.7. The van der Waals surface area contributed by atoms with E-state index in [2.05, 4.69) is 20.7 Å². The molecule has 0 amide bonds. The van der Waals surface area contributed by atoms with Crippen LogP contribution in [0, 0.1) is 0 Å². The van der Waals surface area contributed by atoms with Crippen molar-refractivity contribution in [2.24, 2.45) is 0 Å². The van der Waals surface area contributed by atoms with E-state index in [-0.39, 0.29) is 5.02 Å². The second kappa shape index (κ2) is 10.7. The van der Waals surface area contributed by atoms with Gasteiger partial charge in [0.15, 0.2) is 0 Å². The monoisotopic (exact) mass is 519 g/mol. The van der Waals surface area contributed by atoms with Gasteiger partial charge < -0.3 is 14.0 Å². The Morgan fingerprint density at radius 1 is 1.23 bits per heavy atom. The Bertz CT molecular complexity index is 1080. The van der Waals surface area contributed by atoms with Crippen LogP contribution in [0.25, 0.3) is 10.9 Å².